The average Bonchev–Trinajstić information content (AvgIpc) is 2.43. The van der Waals surface area contributed by atoms with Crippen LogP contribution in [0.4, 0.5) is 0 Å². The maximum absolute atomic E-state index is 12.1. The number of amides is 1. The van der Waals surface area contributed by atoms with E-state index < -0.39 is 25.7 Å². The van der Waals surface area contributed by atoms with Crippen molar-refractivity contribution in [2.75, 3.05) is 11.7 Å². The van der Waals surface area contributed by atoms with Crippen LogP contribution in [0.3, 0.4) is 0 Å². The predicted octanol–water partition coefficient (Wildman–Crippen LogP) is 1.21. The van der Waals surface area contributed by atoms with E-state index in [9.17, 15) is 14.2 Å². The van der Waals surface area contributed by atoms with Gasteiger partial charge in [0.05, 0.1) is 0 Å². The van der Waals surface area contributed by atoms with Crippen LogP contribution in [-0.2, 0) is 18.7 Å². The lowest BCUT2D eigenvalue weighted by Gasteiger charge is -2.16. The molecule has 1 aromatic carbocycles. The van der Waals surface area contributed by atoms with Crippen LogP contribution in [0.15, 0.2) is 24.3 Å². The van der Waals surface area contributed by atoms with Crippen molar-refractivity contribution in [3.8, 4) is 5.75 Å². The van der Waals surface area contributed by atoms with Gasteiger partial charge in [-0.15, -0.1) is 11.8 Å². The molecule has 0 radical (unpaired) electrons. The van der Waals surface area contributed by atoms with E-state index in [1.165, 1.54) is 6.92 Å². The van der Waals surface area contributed by atoms with Crippen LogP contribution in [0.5, 0.6) is 5.75 Å². The molecule has 0 aromatic heterocycles. The maximum atomic E-state index is 12.1. The maximum Gasteiger partial charge on any atom is 0.470 e. The minimum Gasteiger partial charge on any atom is -0.425 e. The summed E-state index contributed by atoms with van der Waals surface area (Å²) in [4.78, 5) is 40.4. The largest absolute Gasteiger partial charge is 0.470 e. The number of rotatable bonds is 8. The van der Waals surface area contributed by atoms with E-state index in [1.807, 2.05) is 6.92 Å². The predicted molar refractivity (Wildman–Crippen MR) is 84.9 cm³/mol. The van der Waals surface area contributed by atoms with Gasteiger partial charge in [0, 0.05) is 12.7 Å². The van der Waals surface area contributed by atoms with Crippen molar-refractivity contribution in [2.45, 2.75) is 19.9 Å². The Morgan fingerprint density at radius 1 is 1.30 bits per heavy atom. The fraction of sp³-hybridized carbons (Fsp3) is 0.385. The number of benzene rings is 1. The van der Waals surface area contributed by atoms with Crippen LogP contribution in [-0.4, -0.2) is 39.4 Å². The van der Waals surface area contributed by atoms with E-state index in [4.69, 9.17) is 14.5 Å². The van der Waals surface area contributed by atoms with Gasteiger partial charge >= 0.3 is 13.8 Å². The lowest BCUT2D eigenvalue weighted by Crippen LogP contribution is -2.44. The van der Waals surface area contributed by atoms with Gasteiger partial charge in [-0.1, -0.05) is 17.7 Å². The first kappa shape index (κ1) is 19.7. The summed E-state index contributed by atoms with van der Waals surface area (Å²) >= 11 is 0.942. The molecule has 128 valence electrons. The highest BCUT2D eigenvalue weighted by molar-refractivity contribution is 7.99. The Balaban J connectivity index is 2.58. The Hall–Kier alpha value is -1.38. The van der Waals surface area contributed by atoms with Crippen molar-refractivity contribution in [1.29, 1.82) is 0 Å². The number of esters is 1. The molecule has 0 aliphatic rings. The molecule has 8 nitrogen and oxygen atoms in total. The summed E-state index contributed by atoms with van der Waals surface area (Å²) in [6.45, 7) is 3.15. The first-order valence-electron chi connectivity index (χ1n) is 6.50. The van der Waals surface area contributed by atoms with E-state index in [0.29, 0.717) is 5.75 Å². The highest BCUT2D eigenvalue weighted by Gasteiger charge is 2.22. The van der Waals surface area contributed by atoms with Crippen molar-refractivity contribution in [1.82, 2.24) is 5.32 Å². The number of carbonyl (C=O) groups is 2. The second-order valence-corrected chi connectivity index (χ2v) is 6.81. The lowest BCUT2D eigenvalue weighted by molar-refractivity contribution is -0.138. The number of hydrogen-bond donors (Lipinski definition) is 3. The summed E-state index contributed by atoms with van der Waals surface area (Å²) in [5.41, 5.74) is 1.01. The standard InChI is InChI=1S/C13H18NO7PS/c1-9-3-5-11(6-4-9)21-13(16)12(14-10(2)15)7-23-8-20-22(17,18)19/h3-6,12H,7-8H2,1-2H3,(H,14,15)(H2,17,18,19). The summed E-state index contributed by atoms with van der Waals surface area (Å²) in [6, 6.07) is 5.85. The third-order valence-corrected chi connectivity index (χ3v) is 3.98. The van der Waals surface area contributed by atoms with E-state index in [0.717, 1.165) is 17.3 Å². The quantitative estimate of drug-likeness (QED) is 0.207. The van der Waals surface area contributed by atoms with Gasteiger partial charge in [-0.3, -0.25) is 9.32 Å². The smallest absolute Gasteiger partial charge is 0.425 e. The van der Waals surface area contributed by atoms with Crippen LogP contribution in [0.1, 0.15) is 12.5 Å². The van der Waals surface area contributed by atoms with Crippen molar-refractivity contribution >= 4 is 31.5 Å². The van der Waals surface area contributed by atoms with Gasteiger partial charge in [0.1, 0.15) is 17.7 Å². The number of aryl methyl sites for hydroxylation is 1. The van der Waals surface area contributed by atoms with E-state index in [2.05, 4.69) is 9.84 Å². The zero-order valence-corrected chi connectivity index (χ0v) is 14.3. The SMILES string of the molecule is CC(=O)NC(CSCOP(=O)(O)O)C(=O)Oc1ccc(C)cc1. The Morgan fingerprint density at radius 3 is 2.43 bits per heavy atom. The summed E-state index contributed by atoms with van der Waals surface area (Å²) < 4.78 is 20.0. The van der Waals surface area contributed by atoms with Crippen LogP contribution < -0.4 is 10.1 Å². The molecule has 1 unspecified atom stereocenters. The molecule has 0 spiro atoms. The molecule has 0 aliphatic heterocycles. The van der Waals surface area contributed by atoms with Gasteiger partial charge in [0.25, 0.3) is 0 Å². The molecule has 3 N–H and O–H groups in total. The molecule has 10 heteroatoms. The second-order valence-electron chi connectivity index (χ2n) is 4.60. The third-order valence-electron chi connectivity index (χ3n) is 2.49. The fourth-order valence-electron chi connectivity index (χ4n) is 1.48. The second kappa shape index (κ2) is 9.05. The average molecular weight is 363 g/mol. The molecule has 1 rings (SSSR count). The molecule has 1 atom stereocenters. The third kappa shape index (κ3) is 8.73. The summed E-state index contributed by atoms with van der Waals surface area (Å²) in [5, 5.41) is 2.43. The summed E-state index contributed by atoms with van der Waals surface area (Å²) in [5.74, 6) is -1.03. The molecule has 0 saturated heterocycles. The number of hydrogen-bond acceptors (Lipinski definition) is 6. The van der Waals surface area contributed by atoms with Gasteiger partial charge in [-0.2, -0.15) is 0 Å². The zero-order valence-electron chi connectivity index (χ0n) is 12.6. The summed E-state index contributed by atoms with van der Waals surface area (Å²) in [7, 11) is -4.56. The first-order chi connectivity index (χ1) is 10.7. The minimum atomic E-state index is -4.56. The van der Waals surface area contributed by atoms with Gasteiger partial charge in [0.15, 0.2) is 0 Å². The molecular weight excluding hydrogens is 345 g/mol. The van der Waals surface area contributed by atoms with E-state index >= 15 is 0 Å². The lowest BCUT2D eigenvalue weighted by atomic mass is 10.2. The Morgan fingerprint density at radius 2 is 1.91 bits per heavy atom. The van der Waals surface area contributed by atoms with Crippen molar-refractivity contribution < 1.29 is 33.2 Å². The van der Waals surface area contributed by atoms with E-state index in [1.54, 1.807) is 24.3 Å². The molecular formula is C13H18NO7PS. The van der Waals surface area contributed by atoms with Crippen LogP contribution >= 0.6 is 19.6 Å². The number of carbonyl (C=O) groups excluding carboxylic acids is 2. The first-order valence-corrected chi connectivity index (χ1v) is 9.19. The number of phosphoric acid groups is 1. The molecule has 0 fully saturated rings. The molecule has 1 aromatic rings. The number of nitrogens with one attached hydrogen (secondary N) is 1. The topological polar surface area (TPSA) is 122 Å². The molecule has 0 saturated carbocycles. The Kier molecular flexibility index (Phi) is 7.74. The normalized spacial score (nSPS) is 12.5. The van der Waals surface area contributed by atoms with Crippen molar-refractivity contribution in [3.63, 3.8) is 0 Å². The van der Waals surface area contributed by atoms with Crippen molar-refractivity contribution in [2.24, 2.45) is 0 Å². The highest BCUT2D eigenvalue weighted by Crippen LogP contribution is 2.36. The Labute approximate surface area is 137 Å². The molecule has 0 heterocycles. The van der Waals surface area contributed by atoms with Gasteiger partial charge in [0.2, 0.25) is 5.91 Å². The Bertz CT molecular complexity index is 586. The summed E-state index contributed by atoms with van der Waals surface area (Å²) in [6.07, 6.45) is 0. The highest BCUT2D eigenvalue weighted by atomic mass is 32.2. The zero-order chi connectivity index (χ0) is 17.5. The van der Waals surface area contributed by atoms with Crippen LogP contribution in [0, 0.1) is 6.92 Å². The number of phosphoric ester groups is 1. The van der Waals surface area contributed by atoms with Crippen molar-refractivity contribution in [3.05, 3.63) is 29.8 Å². The minimum absolute atomic E-state index is 0.0459. The van der Waals surface area contributed by atoms with Gasteiger partial charge in [-0.05, 0) is 19.1 Å². The molecule has 1 amide bonds. The van der Waals surface area contributed by atoms with E-state index in [-0.39, 0.29) is 11.7 Å². The fourth-order valence-corrected chi connectivity index (χ4v) is 2.88. The van der Waals surface area contributed by atoms with Crippen LogP contribution in [0.25, 0.3) is 0 Å². The monoisotopic (exact) mass is 363 g/mol. The molecule has 0 aliphatic carbocycles. The van der Waals surface area contributed by atoms with Gasteiger partial charge < -0.3 is 19.8 Å². The molecule has 23 heavy (non-hydrogen) atoms. The van der Waals surface area contributed by atoms with Crippen LogP contribution in [0.2, 0.25) is 0 Å². The van der Waals surface area contributed by atoms with Gasteiger partial charge in [-0.25, -0.2) is 9.36 Å². The number of thioether (sulfide) groups is 1. The number of ether oxygens (including phenoxy) is 1. The molecule has 0 bridgehead atoms.